The van der Waals surface area contributed by atoms with E-state index in [2.05, 4.69) is 0 Å². The molecule has 0 aromatic heterocycles. The molecule has 3 rings (SSSR count). The molecule has 2 aliphatic rings. The van der Waals surface area contributed by atoms with Crippen LogP contribution in [0.4, 0.5) is 0 Å². The highest BCUT2D eigenvalue weighted by Crippen LogP contribution is 2.28. The summed E-state index contributed by atoms with van der Waals surface area (Å²) in [5, 5.41) is 79.7. The van der Waals surface area contributed by atoms with Crippen LogP contribution < -0.4 is 0 Å². The van der Waals surface area contributed by atoms with Crippen LogP contribution in [0.3, 0.4) is 0 Å². The molecule has 2 saturated heterocycles. The Hall–Kier alpha value is -1.73. The molecule has 178 valence electrons. The van der Waals surface area contributed by atoms with Crippen LogP contribution in [0.1, 0.15) is 19.9 Å². The molecule has 0 amide bonds. The van der Waals surface area contributed by atoms with Crippen molar-refractivity contribution in [2.45, 2.75) is 67.5 Å². The Bertz CT molecular complexity index is 1030. The maximum absolute atomic E-state index is 10.4. The number of rotatable bonds is 7. The van der Waals surface area contributed by atoms with Crippen LogP contribution in [0, 0.1) is 11.3 Å². The number of hydrogen-bond donors (Lipinski definition) is 7. The van der Waals surface area contributed by atoms with Gasteiger partial charge in [-0.15, -0.1) is 0 Å². The van der Waals surface area contributed by atoms with Crippen LogP contribution in [0.5, 0.6) is 0 Å². The van der Waals surface area contributed by atoms with Gasteiger partial charge in [0.2, 0.25) is 0 Å². The smallest absolute Gasteiger partial charge is 0.188 e. The van der Waals surface area contributed by atoms with E-state index in [9.17, 15) is 41.0 Å². The third-order valence-electron chi connectivity index (χ3n) is 5.00. The molecule has 12 heteroatoms. The van der Waals surface area contributed by atoms with Crippen molar-refractivity contribution in [1.29, 1.82) is 5.26 Å². The summed E-state index contributed by atoms with van der Waals surface area (Å²) in [6.07, 6.45) is -20.9. The van der Waals surface area contributed by atoms with Gasteiger partial charge >= 0.3 is 0 Å². The summed E-state index contributed by atoms with van der Waals surface area (Å²) < 4.78 is 68.6. The fourth-order valence-electron chi connectivity index (χ4n) is 3.17. The average Bonchev–Trinajstić information content (AvgIpc) is 2.90. The van der Waals surface area contributed by atoms with Crippen molar-refractivity contribution in [2.24, 2.45) is 0 Å². The molecule has 2 fully saturated rings. The van der Waals surface area contributed by atoms with E-state index in [-0.39, 0.29) is 0 Å². The van der Waals surface area contributed by atoms with Crippen LogP contribution in [0.15, 0.2) is 30.2 Å². The van der Waals surface area contributed by atoms with Gasteiger partial charge in [-0.2, -0.15) is 5.26 Å². The number of aliphatic hydroxyl groups is 7. The summed E-state index contributed by atoms with van der Waals surface area (Å²) in [6.45, 7) is -1.47. The molecule has 2 aliphatic heterocycles. The zero-order chi connectivity index (χ0) is 28.7. The Morgan fingerprint density at radius 3 is 2.06 bits per heavy atom. The molecule has 0 spiro atoms. The van der Waals surface area contributed by atoms with Gasteiger partial charge in [0.25, 0.3) is 0 Å². The van der Waals surface area contributed by atoms with Crippen LogP contribution in [0.2, 0.25) is 0 Å². The molecule has 1 aromatic rings. The summed E-state index contributed by atoms with van der Waals surface area (Å²) in [5.74, 6) is 0. The third-order valence-corrected chi connectivity index (χ3v) is 5.00. The fourth-order valence-corrected chi connectivity index (χ4v) is 3.17. The lowest BCUT2D eigenvalue weighted by atomic mass is 9.98. The minimum atomic E-state index is -3.05. The predicted octanol–water partition coefficient (Wildman–Crippen LogP) is -3.11. The number of nitrogens with zero attached hydrogens (tertiary/aromatic N) is 1. The topological polar surface area (TPSA) is 202 Å². The Labute approximate surface area is 191 Å². The third kappa shape index (κ3) is 5.25. The number of aliphatic hydroxyl groups excluding tert-OH is 7. The molecule has 0 bridgehead atoms. The molecule has 11 atom stereocenters. The maximum Gasteiger partial charge on any atom is 0.188 e. The molecule has 1 aromatic carbocycles. The average molecular weight is 463 g/mol. The Morgan fingerprint density at radius 1 is 0.906 bits per heavy atom. The van der Waals surface area contributed by atoms with E-state index in [1.165, 1.54) is 6.07 Å². The lowest BCUT2D eigenvalue weighted by Crippen LogP contribution is -2.61. The first-order chi connectivity index (χ1) is 17.7. The monoisotopic (exact) mass is 463 g/mol. The van der Waals surface area contributed by atoms with Gasteiger partial charge in [-0.3, -0.25) is 0 Å². The van der Waals surface area contributed by atoms with Crippen LogP contribution >= 0.6 is 0 Å². The predicted molar refractivity (Wildman–Crippen MR) is 102 cm³/mol. The molecule has 11 unspecified atom stereocenters. The van der Waals surface area contributed by atoms with Crippen LogP contribution in [0.25, 0.3) is 0 Å². The number of benzene rings is 1. The number of ether oxygens (including phenoxy) is 4. The van der Waals surface area contributed by atoms with Crippen LogP contribution in [-0.2, 0) is 18.9 Å². The summed E-state index contributed by atoms with van der Waals surface area (Å²) in [5.41, 5.74) is -0.892. The summed E-state index contributed by atoms with van der Waals surface area (Å²) >= 11 is 0. The van der Waals surface area contributed by atoms with E-state index in [1.54, 1.807) is 0 Å². The second-order valence-electron chi connectivity index (χ2n) is 7.10. The summed E-state index contributed by atoms with van der Waals surface area (Å²) in [7, 11) is 0. The molecule has 12 nitrogen and oxygen atoms in total. The normalized spacial score (nSPS) is 44.7. The van der Waals surface area contributed by atoms with Gasteiger partial charge in [-0.1, -0.05) is 30.2 Å². The van der Waals surface area contributed by atoms with Crippen molar-refractivity contribution in [3.63, 3.8) is 0 Å². The fraction of sp³-hybridized carbons (Fsp3) is 0.650. The molecule has 32 heavy (non-hydrogen) atoms. The van der Waals surface area contributed by atoms with Gasteiger partial charge in [-0.05, 0) is 5.56 Å². The first-order valence-corrected chi connectivity index (χ1v) is 9.48. The Kier molecular flexibility index (Phi) is 6.05. The van der Waals surface area contributed by atoms with Gasteiger partial charge in [0, 0.05) is 0 Å². The van der Waals surface area contributed by atoms with Crippen molar-refractivity contribution in [2.75, 3.05) is 13.2 Å². The molecule has 0 aliphatic carbocycles. The summed E-state index contributed by atoms with van der Waals surface area (Å²) in [6, 6.07) is -3.02. The van der Waals surface area contributed by atoms with Crippen molar-refractivity contribution >= 4 is 0 Å². The highest BCUT2D eigenvalue weighted by atomic mass is 16.7. The molecule has 0 saturated carbocycles. The van der Waals surface area contributed by atoms with E-state index < -0.39 is 116 Å². The van der Waals surface area contributed by atoms with Crippen molar-refractivity contribution in [3.05, 3.63) is 35.8 Å². The van der Waals surface area contributed by atoms with Gasteiger partial charge in [0.05, 0.1) is 27.5 Å². The van der Waals surface area contributed by atoms with Crippen LogP contribution in [-0.4, -0.2) is 110 Å². The first kappa shape index (κ1) is 17.7. The quantitative estimate of drug-likeness (QED) is 0.215. The molecular formula is C20H27NO11. The Morgan fingerprint density at radius 2 is 1.47 bits per heavy atom. The van der Waals surface area contributed by atoms with Gasteiger partial charge in [0.15, 0.2) is 18.7 Å². The maximum atomic E-state index is 10.4. The van der Waals surface area contributed by atoms with E-state index in [0.29, 0.717) is 0 Å². The Balaban J connectivity index is 1.83. The second-order valence-corrected chi connectivity index (χ2v) is 7.10. The molecule has 0 radical (unpaired) electrons. The zero-order valence-electron chi connectivity index (χ0n) is 22.4. The minimum absolute atomic E-state index is 0.723. The van der Waals surface area contributed by atoms with E-state index in [0.717, 1.165) is 0 Å². The second kappa shape index (κ2) is 10.9. The summed E-state index contributed by atoms with van der Waals surface area (Å²) in [4.78, 5) is 0. The van der Waals surface area contributed by atoms with Crippen molar-refractivity contribution in [1.82, 2.24) is 0 Å². The first-order valence-electron chi connectivity index (χ1n) is 12.5. The van der Waals surface area contributed by atoms with Gasteiger partial charge in [0.1, 0.15) is 48.8 Å². The van der Waals surface area contributed by atoms with Gasteiger partial charge < -0.3 is 54.7 Å². The van der Waals surface area contributed by atoms with E-state index in [1.807, 2.05) is 0 Å². The molecule has 7 N–H and O–H groups in total. The SMILES string of the molecule is [2H]c1c([2H])c([2H])c(C([2H])(C#N)OC2OC(COC3OC(CO)C(O)C(O)C3O)C(O)C(O)C2O)c([2H])c1[2H]. The standard InChI is InChI=1S/C20H27NO11/c21-6-10(9-4-2-1-3-5-9)30-20-18(28)16(26)14(24)12(32-20)8-29-19-17(27)15(25)13(23)11(7-22)31-19/h1-5,10-20,22-28H,7-8H2/i1D,2D,3D,4D,5D,10D. The lowest BCUT2D eigenvalue weighted by Gasteiger charge is -2.43. The number of hydrogen-bond acceptors (Lipinski definition) is 12. The highest BCUT2D eigenvalue weighted by Gasteiger charge is 2.48. The highest BCUT2D eigenvalue weighted by molar-refractivity contribution is 5.22. The van der Waals surface area contributed by atoms with Crippen molar-refractivity contribution in [3.8, 4) is 6.07 Å². The molecular weight excluding hydrogens is 430 g/mol. The minimum Gasteiger partial charge on any atom is -0.394 e. The van der Waals surface area contributed by atoms with E-state index >= 15 is 0 Å². The molecule has 2 heterocycles. The van der Waals surface area contributed by atoms with Crippen molar-refractivity contribution < 1.29 is 62.9 Å². The largest absolute Gasteiger partial charge is 0.394 e. The zero-order valence-corrected chi connectivity index (χ0v) is 16.4. The lowest BCUT2D eigenvalue weighted by molar-refractivity contribution is -0.334. The number of nitriles is 1. The van der Waals surface area contributed by atoms with E-state index in [4.69, 9.17) is 27.2 Å². The van der Waals surface area contributed by atoms with Gasteiger partial charge in [-0.25, -0.2) is 0 Å².